The summed E-state index contributed by atoms with van der Waals surface area (Å²) in [7, 11) is 0. The highest BCUT2D eigenvalue weighted by Crippen LogP contribution is 2.19. The van der Waals surface area contributed by atoms with Crippen molar-refractivity contribution in [3.63, 3.8) is 0 Å². The van der Waals surface area contributed by atoms with Crippen LogP contribution in [0.1, 0.15) is 22.5 Å². The molecule has 0 aliphatic rings. The first-order chi connectivity index (χ1) is 12.3. The predicted octanol–water partition coefficient (Wildman–Crippen LogP) is 5.18. The highest BCUT2D eigenvalue weighted by atomic mass is 15.1. The molecule has 0 atom stereocenters. The van der Waals surface area contributed by atoms with Gasteiger partial charge in [0.25, 0.3) is 0 Å². The molecule has 4 aromatic rings. The first kappa shape index (κ1) is 15.6. The number of fused-ring (bicyclic) bond motifs is 1. The Kier molecular flexibility index (Phi) is 4.34. The van der Waals surface area contributed by atoms with Crippen molar-refractivity contribution in [1.29, 1.82) is 0 Å². The van der Waals surface area contributed by atoms with Crippen LogP contribution in [0.5, 0.6) is 0 Å². The van der Waals surface area contributed by atoms with Gasteiger partial charge >= 0.3 is 0 Å². The fourth-order valence-corrected chi connectivity index (χ4v) is 3.27. The molecule has 0 unspecified atom stereocenters. The van der Waals surface area contributed by atoms with Gasteiger partial charge in [-0.25, -0.2) is 4.98 Å². The summed E-state index contributed by atoms with van der Waals surface area (Å²) in [6.45, 7) is 2.99. The second kappa shape index (κ2) is 6.94. The topological polar surface area (TPSA) is 17.8 Å². The van der Waals surface area contributed by atoms with Crippen LogP contribution in [0.15, 0.2) is 78.9 Å². The molecule has 124 valence electrons. The van der Waals surface area contributed by atoms with Gasteiger partial charge in [0.2, 0.25) is 0 Å². The van der Waals surface area contributed by atoms with Gasteiger partial charge in [-0.05, 0) is 36.6 Å². The Morgan fingerprint density at radius 1 is 0.720 bits per heavy atom. The quantitative estimate of drug-likeness (QED) is 0.494. The van der Waals surface area contributed by atoms with Crippen LogP contribution in [0.25, 0.3) is 11.0 Å². The molecule has 0 aliphatic carbocycles. The lowest BCUT2D eigenvalue weighted by Gasteiger charge is -2.10. The molecule has 0 amide bonds. The molecular formula is C23H22N2. The summed E-state index contributed by atoms with van der Waals surface area (Å²) < 4.78 is 2.36. The lowest BCUT2D eigenvalue weighted by atomic mass is 10.1. The number of benzene rings is 3. The molecule has 2 heteroatoms. The maximum atomic E-state index is 4.90. The van der Waals surface area contributed by atoms with Crippen molar-refractivity contribution in [3.8, 4) is 0 Å². The molecule has 0 saturated carbocycles. The lowest BCUT2D eigenvalue weighted by Crippen LogP contribution is -2.06. The average molecular weight is 326 g/mol. The van der Waals surface area contributed by atoms with Gasteiger partial charge in [-0.3, -0.25) is 0 Å². The van der Waals surface area contributed by atoms with Gasteiger partial charge in [0, 0.05) is 13.0 Å². The normalized spacial score (nSPS) is 11.1. The summed E-state index contributed by atoms with van der Waals surface area (Å²) >= 11 is 0. The fraction of sp³-hybridized carbons (Fsp3) is 0.174. The van der Waals surface area contributed by atoms with E-state index >= 15 is 0 Å². The molecule has 0 spiro atoms. The van der Waals surface area contributed by atoms with Crippen LogP contribution < -0.4 is 0 Å². The van der Waals surface area contributed by atoms with E-state index < -0.39 is 0 Å². The molecule has 25 heavy (non-hydrogen) atoms. The summed E-state index contributed by atoms with van der Waals surface area (Å²) in [5.41, 5.74) is 6.26. The van der Waals surface area contributed by atoms with Crippen molar-refractivity contribution in [2.75, 3.05) is 0 Å². The van der Waals surface area contributed by atoms with Crippen molar-refractivity contribution in [2.45, 2.75) is 26.3 Å². The molecular weight excluding hydrogens is 304 g/mol. The molecule has 1 aromatic heterocycles. The monoisotopic (exact) mass is 326 g/mol. The van der Waals surface area contributed by atoms with Gasteiger partial charge in [0.15, 0.2) is 0 Å². The standard InChI is InChI=1S/C23H22N2/c1-18-11-13-20(14-12-18)17-25-22-10-6-5-9-21(22)24-23(25)16-15-19-7-3-2-4-8-19/h2-14H,15-17H2,1H3. The Hall–Kier alpha value is -2.87. The molecule has 0 radical (unpaired) electrons. The van der Waals surface area contributed by atoms with Crippen LogP contribution in [0.3, 0.4) is 0 Å². The van der Waals surface area contributed by atoms with Crippen molar-refractivity contribution in [3.05, 3.63) is 101 Å². The highest BCUT2D eigenvalue weighted by molar-refractivity contribution is 5.76. The van der Waals surface area contributed by atoms with Crippen molar-refractivity contribution in [1.82, 2.24) is 9.55 Å². The van der Waals surface area contributed by atoms with Crippen LogP contribution in [0.4, 0.5) is 0 Å². The Morgan fingerprint density at radius 3 is 2.24 bits per heavy atom. The largest absolute Gasteiger partial charge is 0.323 e. The van der Waals surface area contributed by atoms with Crippen LogP contribution in [-0.4, -0.2) is 9.55 Å². The summed E-state index contributed by atoms with van der Waals surface area (Å²) in [6.07, 6.45) is 1.96. The molecule has 0 aliphatic heterocycles. The molecule has 3 aromatic carbocycles. The number of nitrogens with zero attached hydrogens (tertiary/aromatic N) is 2. The van der Waals surface area contributed by atoms with E-state index in [0.29, 0.717) is 0 Å². The smallest absolute Gasteiger partial charge is 0.110 e. The second-order valence-electron chi connectivity index (χ2n) is 6.57. The molecule has 0 N–H and O–H groups in total. The zero-order chi connectivity index (χ0) is 17.1. The van der Waals surface area contributed by atoms with E-state index in [2.05, 4.69) is 90.4 Å². The van der Waals surface area contributed by atoms with Gasteiger partial charge in [0.1, 0.15) is 5.82 Å². The van der Waals surface area contributed by atoms with E-state index in [1.54, 1.807) is 0 Å². The predicted molar refractivity (Wildman–Crippen MR) is 104 cm³/mol. The first-order valence-corrected chi connectivity index (χ1v) is 8.83. The Labute approximate surface area is 148 Å². The van der Waals surface area contributed by atoms with Gasteiger partial charge < -0.3 is 4.57 Å². The van der Waals surface area contributed by atoms with Crippen molar-refractivity contribution >= 4 is 11.0 Å². The Bertz CT molecular complexity index is 966. The van der Waals surface area contributed by atoms with Crippen LogP contribution >= 0.6 is 0 Å². The molecule has 0 saturated heterocycles. The first-order valence-electron chi connectivity index (χ1n) is 8.83. The van der Waals surface area contributed by atoms with Crippen molar-refractivity contribution in [2.24, 2.45) is 0 Å². The molecule has 2 nitrogen and oxygen atoms in total. The van der Waals surface area contributed by atoms with Gasteiger partial charge in [-0.15, -0.1) is 0 Å². The maximum absolute atomic E-state index is 4.90. The summed E-state index contributed by atoms with van der Waals surface area (Å²) in [4.78, 5) is 4.90. The van der Waals surface area contributed by atoms with Crippen LogP contribution in [-0.2, 0) is 19.4 Å². The van der Waals surface area contributed by atoms with Gasteiger partial charge in [0.05, 0.1) is 11.0 Å². The van der Waals surface area contributed by atoms with E-state index in [-0.39, 0.29) is 0 Å². The number of aromatic nitrogens is 2. The third-order valence-corrected chi connectivity index (χ3v) is 4.68. The number of aryl methyl sites for hydroxylation is 3. The molecule has 1 heterocycles. The average Bonchev–Trinajstić information content (AvgIpc) is 3.00. The number of para-hydroxylation sites is 2. The lowest BCUT2D eigenvalue weighted by molar-refractivity contribution is 0.730. The van der Waals surface area contributed by atoms with Gasteiger partial charge in [-0.1, -0.05) is 72.3 Å². The minimum absolute atomic E-state index is 0.866. The zero-order valence-corrected chi connectivity index (χ0v) is 14.5. The number of hydrogen-bond donors (Lipinski definition) is 0. The number of imidazole rings is 1. The maximum Gasteiger partial charge on any atom is 0.110 e. The molecule has 4 rings (SSSR count). The minimum Gasteiger partial charge on any atom is -0.323 e. The summed E-state index contributed by atoms with van der Waals surface area (Å²) in [5.74, 6) is 1.16. The SMILES string of the molecule is Cc1ccc(Cn2c(CCc3ccccc3)nc3ccccc32)cc1. The number of hydrogen-bond acceptors (Lipinski definition) is 1. The van der Waals surface area contributed by atoms with Crippen molar-refractivity contribution < 1.29 is 0 Å². The second-order valence-corrected chi connectivity index (χ2v) is 6.57. The zero-order valence-electron chi connectivity index (χ0n) is 14.5. The van der Waals surface area contributed by atoms with E-state index in [1.165, 1.54) is 22.2 Å². The highest BCUT2D eigenvalue weighted by Gasteiger charge is 2.11. The van der Waals surface area contributed by atoms with E-state index in [4.69, 9.17) is 4.98 Å². The summed E-state index contributed by atoms with van der Waals surface area (Å²) in [5, 5.41) is 0. The van der Waals surface area contributed by atoms with Gasteiger partial charge in [-0.2, -0.15) is 0 Å². The molecule has 0 fully saturated rings. The Morgan fingerprint density at radius 2 is 1.44 bits per heavy atom. The van der Waals surface area contributed by atoms with E-state index in [9.17, 15) is 0 Å². The third kappa shape index (κ3) is 3.48. The van der Waals surface area contributed by atoms with Crippen LogP contribution in [0, 0.1) is 6.92 Å². The van der Waals surface area contributed by atoms with Crippen LogP contribution in [0.2, 0.25) is 0 Å². The van der Waals surface area contributed by atoms with E-state index in [1.807, 2.05) is 0 Å². The van der Waals surface area contributed by atoms with E-state index in [0.717, 1.165) is 30.7 Å². The number of rotatable bonds is 5. The molecule has 0 bridgehead atoms. The minimum atomic E-state index is 0.866. The fourth-order valence-electron chi connectivity index (χ4n) is 3.27. The third-order valence-electron chi connectivity index (χ3n) is 4.68. The Balaban J connectivity index is 1.66. The summed E-state index contributed by atoms with van der Waals surface area (Å²) in [6, 6.07) is 27.9.